The average molecular weight is 345 g/mol. The van der Waals surface area contributed by atoms with Crippen LogP contribution in [0.5, 0.6) is 0 Å². The van der Waals surface area contributed by atoms with E-state index in [0.717, 1.165) is 19.6 Å². The first-order valence-electron chi connectivity index (χ1n) is 8.70. The van der Waals surface area contributed by atoms with Gasteiger partial charge in [0.05, 0.1) is 0 Å². The molecule has 1 aromatic rings. The second-order valence-electron chi connectivity index (χ2n) is 6.94. The van der Waals surface area contributed by atoms with E-state index in [1.165, 1.54) is 6.92 Å². The molecule has 0 unspecified atom stereocenters. The summed E-state index contributed by atoms with van der Waals surface area (Å²) >= 11 is 0. The number of ketones is 1. The molecular weight excluding hydrogens is 318 g/mol. The molecule has 1 fully saturated rings. The van der Waals surface area contributed by atoms with Crippen LogP contribution in [0.4, 0.5) is 5.69 Å². The van der Waals surface area contributed by atoms with Gasteiger partial charge in [-0.1, -0.05) is 6.92 Å². The fourth-order valence-electron chi connectivity index (χ4n) is 2.84. The maximum Gasteiger partial charge on any atom is 0.239 e. The number of likely N-dealkylation sites (N-methyl/N-ethyl adjacent to an activating group) is 1. The molecule has 1 heterocycles. The van der Waals surface area contributed by atoms with Gasteiger partial charge in [-0.25, -0.2) is 0 Å². The molecule has 0 bridgehead atoms. The van der Waals surface area contributed by atoms with Crippen LogP contribution < -0.4 is 5.32 Å². The summed E-state index contributed by atoms with van der Waals surface area (Å²) < 4.78 is 0. The maximum absolute atomic E-state index is 12.8. The molecule has 0 aromatic heterocycles. The first-order valence-corrected chi connectivity index (χ1v) is 8.70. The first-order chi connectivity index (χ1) is 11.8. The van der Waals surface area contributed by atoms with Crippen LogP contribution in [0.3, 0.4) is 0 Å². The predicted octanol–water partition coefficient (Wildman–Crippen LogP) is 2.02. The Hall–Kier alpha value is -2.21. The van der Waals surface area contributed by atoms with Gasteiger partial charge >= 0.3 is 0 Å². The lowest BCUT2D eigenvalue weighted by molar-refractivity contribution is -0.147. The molecule has 2 amide bonds. The summed E-state index contributed by atoms with van der Waals surface area (Å²) in [6.45, 7) is 10.9. The number of amides is 2. The van der Waals surface area contributed by atoms with E-state index in [1.54, 1.807) is 43.0 Å². The number of piperazine rings is 1. The largest absolute Gasteiger partial charge is 0.339 e. The molecule has 0 aliphatic carbocycles. The van der Waals surface area contributed by atoms with Crippen molar-refractivity contribution in [3.8, 4) is 0 Å². The van der Waals surface area contributed by atoms with Crippen molar-refractivity contribution in [2.75, 3.05) is 38.0 Å². The molecule has 1 aliphatic heterocycles. The highest BCUT2D eigenvalue weighted by Gasteiger charge is 2.40. The maximum atomic E-state index is 12.8. The molecule has 1 aliphatic rings. The number of nitrogens with one attached hydrogen (secondary N) is 1. The molecule has 25 heavy (non-hydrogen) atoms. The van der Waals surface area contributed by atoms with E-state index >= 15 is 0 Å². The lowest BCUT2D eigenvalue weighted by Crippen LogP contribution is -2.54. The second-order valence-corrected chi connectivity index (χ2v) is 6.94. The molecule has 1 N–H and O–H groups in total. The zero-order valence-electron chi connectivity index (χ0n) is 15.5. The standard InChI is InChI=1S/C19H27N3O3/c1-5-21-10-12-22(13-11-21)18(25)19(3,4)17(24)20-16-8-6-15(7-9-16)14(2)23/h6-9H,5,10-13H2,1-4H3,(H,20,24). The first kappa shape index (κ1) is 19.1. The lowest BCUT2D eigenvalue weighted by Gasteiger charge is -2.37. The zero-order valence-corrected chi connectivity index (χ0v) is 15.5. The average Bonchev–Trinajstić information content (AvgIpc) is 2.61. The van der Waals surface area contributed by atoms with Gasteiger partial charge in [0.15, 0.2) is 5.78 Å². The van der Waals surface area contributed by atoms with Crippen LogP contribution in [0.15, 0.2) is 24.3 Å². The predicted molar refractivity (Wildman–Crippen MR) is 97.6 cm³/mol. The van der Waals surface area contributed by atoms with E-state index < -0.39 is 5.41 Å². The molecule has 0 saturated carbocycles. The third kappa shape index (κ3) is 4.45. The van der Waals surface area contributed by atoms with Crippen LogP contribution in [-0.4, -0.2) is 60.1 Å². The molecule has 1 saturated heterocycles. The Morgan fingerprint density at radius 2 is 1.60 bits per heavy atom. The number of Topliss-reactive ketones (excluding diaryl/α,β-unsaturated/α-hetero) is 1. The molecule has 6 heteroatoms. The highest BCUT2D eigenvalue weighted by Crippen LogP contribution is 2.23. The summed E-state index contributed by atoms with van der Waals surface area (Å²) in [6, 6.07) is 6.68. The number of carbonyl (C=O) groups is 3. The Morgan fingerprint density at radius 1 is 1.04 bits per heavy atom. The number of rotatable bonds is 5. The summed E-state index contributed by atoms with van der Waals surface area (Å²) in [5, 5.41) is 2.78. The Bertz CT molecular complexity index is 644. The highest BCUT2D eigenvalue weighted by atomic mass is 16.2. The second kappa shape index (κ2) is 7.78. The Labute approximate surface area is 149 Å². The number of anilines is 1. The van der Waals surface area contributed by atoms with Crippen molar-refractivity contribution in [2.45, 2.75) is 27.7 Å². The summed E-state index contributed by atoms with van der Waals surface area (Å²) in [4.78, 5) is 40.8. The van der Waals surface area contributed by atoms with Crippen LogP contribution in [0.25, 0.3) is 0 Å². The molecule has 0 atom stereocenters. The summed E-state index contributed by atoms with van der Waals surface area (Å²) in [6.07, 6.45) is 0. The number of carbonyl (C=O) groups excluding carboxylic acids is 3. The van der Waals surface area contributed by atoms with Crippen molar-refractivity contribution in [3.63, 3.8) is 0 Å². The third-order valence-corrected chi connectivity index (χ3v) is 4.76. The number of benzene rings is 1. The number of nitrogens with zero attached hydrogens (tertiary/aromatic N) is 2. The fourth-order valence-corrected chi connectivity index (χ4v) is 2.84. The van der Waals surface area contributed by atoms with Crippen LogP contribution >= 0.6 is 0 Å². The van der Waals surface area contributed by atoms with E-state index in [2.05, 4.69) is 17.1 Å². The summed E-state index contributed by atoms with van der Waals surface area (Å²) in [7, 11) is 0. The summed E-state index contributed by atoms with van der Waals surface area (Å²) in [5.74, 6) is -0.522. The minimum Gasteiger partial charge on any atom is -0.339 e. The van der Waals surface area contributed by atoms with Crippen molar-refractivity contribution in [1.82, 2.24) is 9.80 Å². The Morgan fingerprint density at radius 3 is 2.08 bits per heavy atom. The van der Waals surface area contributed by atoms with Gasteiger partial charge in [0.2, 0.25) is 11.8 Å². The van der Waals surface area contributed by atoms with Gasteiger partial charge in [0.25, 0.3) is 0 Å². The van der Waals surface area contributed by atoms with Crippen LogP contribution in [0.1, 0.15) is 38.1 Å². The SMILES string of the molecule is CCN1CCN(C(=O)C(C)(C)C(=O)Nc2ccc(C(C)=O)cc2)CC1. The van der Waals surface area contributed by atoms with Crippen molar-refractivity contribution in [3.05, 3.63) is 29.8 Å². The normalized spacial score (nSPS) is 15.8. The van der Waals surface area contributed by atoms with Crippen LogP contribution in [-0.2, 0) is 9.59 Å². The minimum atomic E-state index is -1.15. The molecule has 2 rings (SSSR count). The van der Waals surface area contributed by atoms with E-state index in [1.807, 2.05) is 0 Å². The molecule has 0 spiro atoms. The molecule has 0 radical (unpaired) electrons. The fraction of sp³-hybridized carbons (Fsp3) is 0.526. The van der Waals surface area contributed by atoms with E-state index in [4.69, 9.17) is 0 Å². The van der Waals surface area contributed by atoms with Crippen molar-refractivity contribution in [2.24, 2.45) is 5.41 Å². The van der Waals surface area contributed by atoms with Crippen LogP contribution in [0.2, 0.25) is 0 Å². The minimum absolute atomic E-state index is 0.0281. The molecule has 136 valence electrons. The zero-order chi connectivity index (χ0) is 18.6. The van der Waals surface area contributed by atoms with Gasteiger partial charge in [0, 0.05) is 37.4 Å². The molecule has 6 nitrogen and oxygen atoms in total. The van der Waals surface area contributed by atoms with E-state index in [-0.39, 0.29) is 17.6 Å². The molecular formula is C19H27N3O3. The van der Waals surface area contributed by atoms with Crippen LogP contribution in [0, 0.1) is 5.41 Å². The van der Waals surface area contributed by atoms with Gasteiger partial charge in [-0.3, -0.25) is 14.4 Å². The number of hydrogen-bond acceptors (Lipinski definition) is 4. The van der Waals surface area contributed by atoms with Gasteiger partial charge in [0.1, 0.15) is 5.41 Å². The van der Waals surface area contributed by atoms with Gasteiger partial charge < -0.3 is 15.1 Å². The smallest absolute Gasteiger partial charge is 0.239 e. The quantitative estimate of drug-likeness (QED) is 0.655. The van der Waals surface area contributed by atoms with E-state index in [0.29, 0.717) is 24.3 Å². The Kier molecular flexibility index (Phi) is 5.95. The van der Waals surface area contributed by atoms with E-state index in [9.17, 15) is 14.4 Å². The lowest BCUT2D eigenvalue weighted by atomic mass is 9.89. The van der Waals surface area contributed by atoms with Gasteiger partial charge in [-0.15, -0.1) is 0 Å². The topological polar surface area (TPSA) is 69.7 Å². The summed E-state index contributed by atoms with van der Waals surface area (Å²) in [5.41, 5.74) is 0.0157. The van der Waals surface area contributed by atoms with Gasteiger partial charge in [-0.05, 0) is 51.6 Å². The van der Waals surface area contributed by atoms with Gasteiger partial charge in [-0.2, -0.15) is 0 Å². The number of hydrogen-bond donors (Lipinski definition) is 1. The Balaban J connectivity index is 2.01. The van der Waals surface area contributed by atoms with Crippen molar-refractivity contribution >= 4 is 23.3 Å². The van der Waals surface area contributed by atoms with Crippen molar-refractivity contribution < 1.29 is 14.4 Å². The van der Waals surface area contributed by atoms with Crippen molar-refractivity contribution in [1.29, 1.82) is 0 Å². The monoisotopic (exact) mass is 345 g/mol. The third-order valence-electron chi connectivity index (χ3n) is 4.76. The molecule has 1 aromatic carbocycles. The highest BCUT2D eigenvalue weighted by molar-refractivity contribution is 6.10.